The molecule has 1 aromatic carbocycles. The van der Waals surface area contributed by atoms with Gasteiger partial charge in [0.15, 0.2) is 0 Å². The van der Waals surface area contributed by atoms with Gasteiger partial charge in [-0.25, -0.2) is 0 Å². The minimum atomic E-state index is -0.0521. The molecule has 2 rings (SSSR count). The second kappa shape index (κ2) is 6.01. The Hall–Kier alpha value is -0.940. The summed E-state index contributed by atoms with van der Waals surface area (Å²) in [4.78, 5) is 12.7. The van der Waals surface area contributed by atoms with Crippen molar-refractivity contribution in [3.63, 3.8) is 0 Å². The van der Waals surface area contributed by atoms with Crippen LogP contribution in [-0.2, 0) is 0 Å². The highest BCUT2D eigenvalue weighted by atomic mass is 79.9. The van der Waals surface area contributed by atoms with Gasteiger partial charge >= 0.3 is 0 Å². The first kappa shape index (κ1) is 14.5. The number of carbonyl (C=O) groups excluding carboxylic acids is 1. The van der Waals surface area contributed by atoms with Crippen molar-refractivity contribution in [3.8, 4) is 0 Å². The predicted octanol–water partition coefficient (Wildman–Crippen LogP) is 2.94. The first-order chi connectivity index (χ1) is 8.99. The van der Waals surface area contributed by atoms with Gasteiger partial charge in [-0.2, -0.15) is 0 Å². The van der Waals surface area contributed by atoms with E-state index in [0.717, 1.165) is 29.3 Å². The molecule has 3 N–H and O–H groups in total. The van der Waals surface area contributed by atoms with Crippen LogP contribution in [0.25, 0.3) is 0 Å². The molecule has 2 atom stereocenters. The van der Waals surface area contributed by atoms with Crippen LogP contribution in [0.3, 0.4) is 0 Å². The normalized spacial score (nSPS) is 22.2. The van der Waals surface area contributed by atoms with Gasteiger partial charge in [0, 0.05) is 22.0 Å². The van der Waals surface area contributed by atoms with E-state index in [1.165, 1.54) is 0 Å². The zero-order valence-corrected chi connectivity index (χ0v) is 13.2. The van der Waals surface area contributed by atoms with Crippen molar-refractivity contribution in [1.82, 2.24) is 5.32 Å². The van der Waals surface area contributed by atoms with Crippen molar-refractivity contribution < 1.29 is 4.79 Å². The first-order valence-electron chi connectivity index (χ1n) is 6.35. The lowest BCUT2D eigenvalue weighted by Gasteiger charge is -2.20. The number of carbonyl (C=O) groups is 1. The number of nitrogens with one attached hydrogen (secondary N) is 1. The van der Waals surface area contributed by atoms with E-state index in [0.29, 0.717) is 10.6 Å². The third-order valence-electron chi connectivity index (χ3n) is 3.62. The van der Waals surface area contributed by atoms with Crippen LogP contribution in [-0.4, -0.2) is 16.9 Å². The monoisotopic (exact) mass is 340 g/mol. The van der Waals surface area contributed by atoms with E-state index in [1.807, 2.05) is 25.1 Å². The summed E-state index contributed by atoms with van der Waals surface area (Å²) < 4.78 is 1.01. The van der Waals surface area contributed by atoms with Gasteiger partial charge in [-0.05, 0) is 43.5 Å². The Morgan fingerprint density at radius 1 is 1.47 bits per heavy atom. The quantitative estimate of drug-likeness (QED) is 0.831. The fourth-order valence-corrected chi connectivity index (χ4v) is 3.04. The van der Waals surface area contributed by atoms with Gasteiger partial charge in [0.1, 0.15) is 0 Å². The molecule has 102 valence electrons. The Morgan fingerprint density at radius 3 is 2.84 bits per heavy atom. The summed E-state index contributed by atoms with van der Waals surface area (Å²) in [5, 5.41) is 3.05. The van der Waals surface area contributed by atoms with Crippen molar-refractivity contribution in [2.75, 3.05) is 0 Å². The molecule has 1 aliphatic carbocycles. The number of hydrogen-bond donors (Lipinski definition) is 2. The third-order valence-corrected chi connectivity index (χ3v) is 4.81. The standard InChI is InChI=1S/C14H17BrN2OS/c1-8-7-9(5-6-11(8)15)14(18)17-12-4-2-3-10(12)13(16)19/h5-7,10,12H,2-4H2,1H3,(H2,16,19)(H,17,18). The summed E-state index contributed by atoms with van der Waals surface area (Å²) in [6.07, 6.45) is 2.98. The zero-order valence-electron chi connectivity index (χ0n) is 10.8. The van der Waals surface area contributed by atoms with Crippen molar-refractivity contribution >= 4 is 39.0 Å². The zero-order chi connectivity index (χ0) is 14.0. The van der Waals surface area contributed by atoms with Crippen molar-refractivity contribution in [1.29, 1.82) is 0 Å². The van der Waals surface area contributed by atoms with Crippen LogP contribution in [0, 0.1) is 12.8 Å². The Kier molecular flexibility index (Phi) is 4.58. The third kappa shape index (κ3) is 3.34. The SMILES string of the molecule is Cc1cc(C(=O)NC2CCCC2C(N)=S)ccc1Br. The Balaban J connectivity index is 2.08. The maximum Gasteiger partial charge on any atom is 0.251 e. The van der Waals surface area contributed by atoms with Crippen LogP contribution < -0.4 is 11.1 Å². The molecule has 1 aromatic rings. The minimum absolute atomic E-state index is 0.0521. The molecule has 0 heterocycles. The van der Waals surface area contributed by atoms with Gasteiger partial charge in [0.05, 0.1) is 4.99 Å². The van der Waals surface area contributed by atoms with Crippen LogP contribution >= 0.6 is 28.1 Å². The van der Waals surface area contributed by atoms with Gasteiger partial charge in [-0.3, -0.25) is 4.79 Å². The molecule has 2 unspecified atom stereocenters. The molecule has 0 aliphatic heterocycles. The van der Waals surface area contributed by atoms with Gasteiger partial charge in [-0.15, -0.1) is 0 Å². The highest BCUT2D eigenvalue weighted by Gasteiger charge is 2.30. The fraction of sp³-hybridized carbons (Fsp3) is 0.429. The highest BCUT2D eigenvalue weighted by molar-refractivity contribution is 9.10. The average Bonchev–Trinajstić information content (AvgIpc) is 2.80. The molecule has 1 amide bonds. The topological polar surface area (TPSA) is 55.1 Å². The molecule has 1 saturated carbocycles. The van der Waals surface area contributed by atoms with E-state index in [-0.39, 0.29) is 17.9 Å². The van der Waals surface area contributed by atoms with Crippen LogP contribution in [0.15, 0.2) is 22.7 Å². The van der Waals surface area contributed by atoms with Gasteiger partial charge in [0.2, 0.25) is 0 Å². The summed E-state index contributed by atoms with van der Waals surface area (Å²) >= 11 is 8.49. The lowest BCUT2D eigenvalue weighted by molar-refractivity contribution is 0.0933. The molecule has 0 radical (unpaired) electrons. The smallest absolute Gasteiger partial charge is 0.251 e. The number of aryl methyl sites for hydroxylation is 1. The molecular formula is C14H17BrN2OS. The number of thiocarbonyl (C=S) groups is 1. The summed E-state index contributed by atoms with van der Waals surface area (Å²) in [6.45, 7) is 1.97. The number of rotatable bonds is 3. The molecule has 1 fully saturated rings. The second-order valence-corrected chi connectivity index (χ2v) is 6.31. The number of hydrogen-bond acceptors (Lipinski definition) is 2. The molecule has 1 aliphatic rings. The minimum Gasteiger partial charge on any atom is -0.393 e. The number of amides is 1. The van der Waals surface area contributed by atoms with E-state index in [9.17, 15) is 4.79 Å². The summed E-state index contributed by atoms with van der Waals surface area (Å²) in [6, 6.07) is 5.67. The van der Waals surface area contributed by atoms with Crippen LogP contribution in [0.5, 0.6) is 0 Å². The predicted molar refractivity (Wildman–Crippen MR) is 84.3 cm³/mol. The summed E-state index contributed by atoms with van der Waals surface area (Å²) in [5.41, 5.74) is 7.44. The first-order valence-corrected chi connectivity index (χ1v) is 7.55. The van der Waals surface area contributed by atoms with Crippen molar-refractivity contribution in [3.05, 3.63) is 33.8 Å². The molecule has 3 nitrogen and oxygen atoms in total. The maximum absolute atomic E-state index is 12.2. The molecule has 0 saturated heterocycles. The average molecular weight is 341 g/mol. The van der Waals surface area contributed by atoms with E-state index in [1.54, 1.807) is 0 Å². The van der Waals surface area contributed by atoms with Gasteiger partial charge in [-0.1, -0.05) is 34.6 Å². The highest BCUT2D eigenvalue weighted by Crippen LogP contribution is 2.26. The number of nitrogens with two attached hydrogens (primary N) is 1. The summed E-state index contributed by atoms with van der Waals surface area (Å²) in [5.74, 6) is 0.0826. The second-order valence-electron chi connectivity index (χ2n) is 4.98. The largest absolute Gasteiger partial charge is 0.393 e. The molecular weight excluding hydrogens is 324 g/mol. The van der Waals surface area contributed by atoms with E-state index >= 15 is 0 Å². The van der Waals surface area contributed by atoms with Crippen molar-refractivity contribution in [2.45, 2.75) is 32.2 Å². The van der Waals surface area contributed by atoms with Crippen LogP contribution in [0.4, 0.5) is 0 Å². The maximum atomic E-state index is 12.2. The van der Waals surface area contributed by atoms with Gasteiger partial charge < -0.3 is 11.1 Å². The summed E-state index contributed by atoms with van der Waals surface area (Å²) in [7, 11) is 0. The van der Waals surface area contributed by atoms with E-state index in [4.69, 9.17) is 18.0 Å². The molecule has 0 bridgehead atoms. The van der Waals surface area contributed by atoms with Gasteiger partial charge in [0.25, 0.3) is 5.91 Å². The molecule has 0 aromatic heterocycles. The van der Waals surface area contributed by atoms with E-state index in [2.05, 4.69) is 21.2 Å². The van der Waals surface area contributed by atoms with E-state index < -0.39 is 0 Å². The number of halogens is 1. The Bertz CT molecular complexity index is 518. The Morgan fingerprint density at radius 2 is 2.21 bits per heavy atom. The van der Waals surface area contributed by atoms with Crippen LogP contribution in [0.1, 0.15) is 35.2 Å². The molecule has 5 heteroatoms. The Labute approximate surface area is 127 Å². The van der Waals surface area contributed by atoms with Crippen LogP contribution in [0.2, 0.25) is 0 Å². The molecule has 0 spiro atoms. The molecule has 19 heavy (non-hydrogen) atoms. The fourth-order valence-electron chi connectivity index (χ4n) is 2.51. The van der Waals surface area contributed by atoms with Crippen molar-refractivity contribution in [2.24, 2.45) is 11.7 Å². The lowest BCUT2D eigenvalue weighted by atomic mass is 10.0. The number of benzene rings is 1. The lowest BCUT2D eigenvalue weighted by Crippen LogP contribution is -2.41.